The maximum Gasteiger partial charge on any atom is 0.121 e. The van der Waals surface area contributed by atoms with E-state index in [0.29, 0.717) is 27.4 Å². The van der Waals surface area contributed by atoms with Gasteiger partial charge in [0.15, 0.2) is 0 Å². The quantitative estimate of drug-likeness (QED) is 0.118. The lowest BCUT2D eigenvalue weighted by Gasteiger charge is -2.19. The van der Waals surface area contributed by atoms with Gasteiger partial charge in [0.2, 0.25) is 0 Å². The van der Waals surface area contributed by atoms with Crippen LogP contribution in [0.25, 0.3) is 81.4 Å². The van der Waals surface area contributed by atoms with Crippen LogP contribution in [0.2, 0.25) is 0 Å². The molecule has 0 saturated heterocycles. The minimum absolute atomic E-state index is 0.0849. The van der Waals surface area contributed by atoms with E-state index in [0.717, 1.165) is 0 Å². The molecule has 11 aromatic rings. The molecule has 0 aliphatic rings. The van der Waals surface area contributed by atoms with Crippen LogP contribution in [0.5, 0.6) is 0 Å². The molecule has 278 valence electrons. The van der Waals surface area contributed by atoms with Crippen LogP contribution in [-0.4, -0.2) is 88.9 Å². The number of fused-ring (bicyclic) bond motifs is 9. The number of nitrogens with one attached hydrogen (secondary N) is 1. The first-order valence-electron chi connectivity index (χ1n) is 20.5. The second-order valence-electron chi connectivity index (χ2n) is 16.1. The summed E-state index contributed by atoms with van der Waals surface area (Å²) in [5.74, 6) is -0.293. The Kier molecular flexibility index (Phi) is 11.0. The molecule has 0 spiro atoms. The smallest absolute Gasteiger partial charge is 0.121 e. The van der Waals surface area contributed by atoms with Crippen molar-refractivity contribution in [2.45, 2.75) is 13.8 Å². The van der Waals surface area contributed by atoms with E-state index in [4.69, 9.17) is 89.6 Å². The molecular formula is C51H29B10N3. The van der Waals surface area contributed by atoms with Crippen molar-refractivity contribution in [3.8, 4) is 5.69 Å². The van der Waals surface area contributed by atoms with E-state index >= 15 is 0 Å². The summed E-state index contributed by atoms with van der Waals surface area (Å²) in [6, 6.07) is 44.9. The molecule has 13 heteroatoms. The minimum Gasteiger partial charge on any atom is -0.384 e. The minimum atomic E-state index is -0.293. The van der Waals surface area contributed by atoms with E-state index in [1.807, 2.05) is 0 Å². The van der Waals surface area contributed by atoms with Gasteiger partial charge in [-0.2, -0.15) is 0 Å². The first kappa shape index (κ1) is 43.0. The lowest BCUT2D eigenvalue weighted by molar-refractivity contribution is 1.18. The first-order chi connectivity index (χ1) is 30.6. The highest BCUT2D eigenvalue weighted by molar-refractivity contribution is 6.69. The number of benzene rings is 10. The maximum absolute atomic E-state index is 7.25. The zero-order chi connectivity index (χ0) is 45.5. The topological polar surface area (TPSA) is 54.8 Å². The van der Waals surface area contributed by atoms with E-state index in [-0.39, 0.29) is 44.2 Å². The molecule has 0 aliphatic carbocycles. The lowest BCUT2D eigenvalue weighted by Crippen LogP contribution is -2.57. The number of nitrogen functional groups attached to an aromatic ring is 1. The number of nitrogens with two attached hydrogens (primary N) is 1. The Morgan fingerprint density at radius 3 is 1.27 bits per heavy atom. The monoisotopic (exact) mass is 793 g/mol. The average molecular weight is 792 g/mol. The number of hydrogen-bond acceptors (Lipinski definition) is 1. The van der Waals surface area contributed by atoms with Crippen LogP contribution < -0.4 is 60.4 Å². The fourth-order valence-corrected chi connectivity index (χ4v) is 9.18. The van der Waals surface area contributed by atoms with Gasteiger partial charge in [0, 0.05) is 22.0 Å². The molecule has 3 nitrogen and oxygen atoms in total. The van der Waals surface area contributed by atoms with Gasteiger partial charge in [-0.15, -0.1) is 43.7 Å². The number of aryl methyl sites for hydroxylation is 1. The van der Waals surface area contributed by atoms with Crippen LogP contribution in [0.3, 0.4) is 0 Å². The Bertz CT molecular complexity index is 3580. The molecule has 10 aromatic carbocycles. The highest BCUT2D eigenvalue weighted by Gasteiger charge is 2.21. The molecule has 3 N–H and O–H groups in total. The SMILES string of the molecule is Cc1ccc2c3ccccc3c3cccc4c3c2c1n4-c1ccc2c3ccccc3c3ccccc3c2c1.[B]c1c([B])c([B])c(C(=N)N)c([B])c1[B].[B]c1c([B])c([B])c(C)c([B])c1[B]. The van der Waals surface area contributed by atoms with Gasteiger partial charge < -0.3 is 10.3 Å². The number of nitrogens with zero attached hydrogens (tertiary/aromatic N) is 1. The van der Waals surface area contributed by atoms with E-state index in [2.05, 4.69) is 133 Å². The lowest BCUT2D eigenvalue weighted by atomic mass is 9.60. The molecule has 0 saturated carbocycles. The van der Waals surface area contributed by atoms with Crippen LogP contribution in [-0.2, 0) is 0 Å². The van der Waals surface area contributed by atoms with Crippen molar-refractivity contribution in [1.29, 1.82) is 5.41 Å². The molecular weight excluding hydrogens is 763 g/mol. The van der Waals surface area contributed by atoms with Crippen LogP contribution in [0.1, 0.15) is 16.7 Å². The summed E-state index contributed by atoms with van der Waals surface area (Å²) < 4.78 is 2.50. The van der Waals surface area contributed by atoms with E-state index < -0.39 is 0 Å². The van der Waals surface area contributed by atoms with Crippen molar-refractivity contribution < 1.29 is 0 Å². The summed E-state index contributed by atoms with van der Waals surface area (Å²) >= 11 is 0. The van der Waals surface area contributed by atoms with E-state index in [9.17, 15) is 0 Å². The third-order valence-electron chi connectivity index (χ3n) is 12.6. The normalized spacial score (nSPS) is 11.4. The third kappa shape index (κ3) is 6.61. The fraction of sp³-hybridized carbons (Fsp3) is 0.0392. The second-order valence-corrected chi connectivity index (χ2v) is 16.1. The number of amidine groups is 1. The molecule has 64 heavy (non-hydrogen) atoms. The van der Waals surface area contributed by atoms with Crippen molar-refractivity contribution in [2.24, 2.45) is 5.73 Å². The summed E-state index contributed by atoms with van der Waals surface area (Å²) in [7, 11) is 55.7. The Hall–Kier alpha value is -6.32. The molecule has 1 heterocycles. The van der Waals surface area contributed by atoms with Crippen LogP contribution in [0.15, 0.2) is 121 Å². The van der Waals surface area contributed by atoms with E-state index in [1.54, 1.807) is 6.92 Å². The summed E-state index contributed by atoms with van der Waals surface area (Å²) in [5.41, 5.74) is 13.3. The molecule has 20 radical (unpaired) electrons. The predicted octanol–water partition coefficient (Wildman–Crippen LogP) is 1.20. The highest BCUT2D eigenvalue weighted by Crippen LogP contribution is 2.45. The summed E-state index contributed by atoms with van der Waals surface area (Å²) in [6.45, 7) is 4.00. The van der Waals surface area contributed by atoms with Gasteiger partial charge in [0.05, 0.1) is 11.0 Å². The second kappa shape index (κ2) is 16.3. The molecule has 11 rings (SSSR count). The van der Waals surface area contributed by atoms with Gasteiger partial charge in [-0.05, 0) is 91.5 Å². The molecule has 0 fully saturated rings. The molecule has 0 atom stereocenters. The van der Waals surface area contributed by atoms with Crippen LogP contribution >= 0.6 is 0 Å². The Morgan fingerprint density at radius 2 is 0.781 bits per heavy atom. The van der Waals surface area contributed by atoms with Crippen LogP contribution in [0, 0.1) is 19.3 Å². The zero-order valence-corrected chi connectivity index (χ0v) is 35.3. The van der Waals surface area contributed by atoms with Crippen molar-refractivity contribution in [3.05, 3.63) is 138 Å². The average Bonchev–Trinajstić information content (AvgIpc) is 3.68. The van der Waals surface area contributed by atoms with Crippen molar-refractivity contribution in [3.63, 3.8) is 0 Å². The third-order valence-corrected chi connectivity index (χ3v) is 12.6. The predicted molar refractivity (Wildman–Crippen MR) is 287 cm³/mol. The molecule has 0 unspecified atom stereocenters. The van der Waals surface area contributed by atoms with Gasteiger partial charge in [-0.3, -0.25) is 5.41 Å². The number of aromatic nitrogens is 1. The first-order valence-corrected chi connectivity index (χ1v) is 20.5. The summed E-state index contributed by atoms with van der Waals surface area (Å²) in [6.07, 6.45) is 0. The van der Waals surface area contributed by atoms with Crippen molar-refractivity contribution in [1.82, 2.24) is 4.57 Å². The standard InChI is InChI=1S/C37H23N.C7H3B5N2.C7H3B5/c1-22-17-19-32-28-13-6-5-12-27(28)31-15-8-16-34-35(31)36(32)37(22)38(34)23-18-20-30-26-11-3-2-9-24(26)25-10-4-7-14-29(25)33(30)21-23;8-2-1(7(13)14)3(9)5(11)6(12)4(2)10;1-2-3(8)5(10)7(12)6(11)4(2)9/h2-21H,1H3;(H3,13,14);1H3. The van der Waals surface area contributed by atoms with Crippen LogP contribution in [0.4, 0.5) is 0 Å². The van der Waals surface area contributed by atoms with Crippen molar-refractivity contribution >= 4 is 215 Å². The largest absolute Gasteiger partial charge is 0.384 e. The maximum atomic E-state index is 7.25. The Balaban J connectivity index is 0.000000164. The van der Waals surface area contributed by atoms with Gasteiger partial charge >= 0.3 is 0 Å². The molecule has 0 aliphatic heterocycles. The van der Waals surface area contributed by atoms with Gasteiger partial charge in [0.25, 0.3) is 0 Å². The van der Waals surface area contributed by atoms with Crippen molar-refractivity contribution in [2.75, 3.05) is 0 Å². The molecule has 1 aromatic heterocycles. The zero-order valence-electron chi connectivity index (χ0n) is 35.3. The Labute approximate surface area is 385 Å². The van der Waals surface area contributed by atoms with Gasteiger partial charge in [0.1, 0.15) is 84.3 Å². The fourth-order valence-electron chi connectivity index (χ4n) is 9.18. The highest BCUT2D eigenvalue weighted by atomic mass is 15.0. The van der Waals surface area contributed by atoms with E-state index in [1.165, 1.54) is 86.9 Å². The summed E-state index contributed by atoms with van der Waals surface area (Å²) in [4.78, 5) is 0. The van der Waals surface area contributed by atoms with Gasteiger partial charge in [-0.1, -0.05) is 120 Å². The number of rotatable bonds is 2. The van der Waals surface area contributed by atoms with Gasteiger partial charge in [-0.25, -0.2) is 0 Å². The number of hydrogen-bond donors (Lipinski definition) is 2. The summed E-state index contributed by atoms with van der Waals surface area (Å²) in [5, 5.41) is 23.1. The molecule has 0 bridgehead atoms. The Morgan fingerprint density at radius 1 is 0.406 bits per heavy atom. The molecule has 0 amide bonds.